The number of anilines is 1. The van der Waals surface area contributed by atoms with Crippen LogP contribution in [0.1, 0.15) is 30.1 Å². The van der Waals surface area contributed by atoms with E-state index in [0.717, 1.165) is 25.9 Å². The number of nitrogens with one attached hydrogen (secondary N) is 1. The highest BCUT2D eigenvalue weighted by molar-refractivity contribution is 5.96. The highest BCUT2D eigenvalue weighted by Gasteiger charge is 2.22. The largest absolute Gasteiger partial charge is 0.452 e. The van der Waals surface area contributed by atoms with Gasteiger partial charge in [0.2, 0.25) is 0 Å². The molecule has 1 atom stereocenters. The number of aliphatic hydroxyl groups excluding tert-OH is 1. The Labute approximate surface area is 136 Å². The predicted octanol–water partition coefficient (Wildman–Crippen LogP) is 1.51. The standard InChI is InChI=1S/C17H24N2O4/c1-13-5-4-9-19(11-13)16(21)12-23-17(22)14-6-2-3-7-15(14)18-8-10-20/h2-3,6-7,13,18,20H,4-5,8-12H2,1H3/t13-/m0/s1. The molecule has 1 aliphatic heterocycles. The molecule has 6 heteroatoms. The molecule has 0 aromatic heterocycles. The van der Waals surface area contributed by atoms with Crippen LogP contribution in [0.25, 0.3) is 0 Å². The quantitative estimate of drug-likeness (QED) is 0.777. The highest BCUT2D eigenvalue weighted by atomic mass is 16.5. The molecule has 1 amide bonds. The van der Waals surface area contributed by atoms with Gasteiger partial charge in [-0.25, -0.2) is 4.79 Å². The Morgan fingerprint density at radius 2 is 2.17 bits per heavy atom. The maximum absolute atomic E-state index is 12.2. The van der Waals surface area contributed by atoms with E-state index < -0.39 is 5.97 Å². The van der Waals surface area contributed by atoms with Gasteiger partial charge in [-0.15, -0.1) is 0 Å². The van der Waals surface area contributed by atoms with Crippen molar-refractivity contribution in [2.75, 3.05) is 38.2 Å². The molecule has 6 nitrogen and oxygen atoms in total. The van der Waals surface area contributed by atoms with Crippen molar-refractivity contribution in [1.82, 2.24) is 4.90 Å². The number of carbonyl (C=O) groups excluding carboxylic acids is 2. The normalized spacial score (nSPS) is 17.7. The van der Waals surface area contributed by atoms with Crippen molar-refractivity contribution in [2.24, 2.45) is 5.92 Å². The molecule has 1 aliphatic rings. The number of esters is 1. The SMILES string of the molecule is C[C@H]1CCCN(C(=O)COC(=O)c2ccccc2NCCO)C1. The molecule has 0 spiro atoms. The summed E-state index contributed by atoms with van der Waals surface area (Å²) in [6, 6.07) is 6.89. The fourth-order valence-electron chi connectivity index (χ4n) is 2.72. The van der Waals surface area contributed by atoms with Crippen LogP contribution in [-0.4, -0.2) is 54.7 Å². The van der Waals surface area contributed by atoms with Crippen LogP contribution in [0.15, 0.2) is 24.3 Å². The number of piperidine rings is 1. The first-order valence-electron chi connectivity index (χ1n) is 8.00. The van der Waals surface area contributed by atoms with Crippen LogP contribution < -0.4 is 5.32 Å². The van der Waals surface area contributed by atoms with E-state index in [9.17, 15) is 9.59 Å². The molecule has 2 rings (SSSR count). The minimum atomic E-state index is -0.538. The molecule has 1 heterocycles. The Balaban J connectivity index is 1.90. The first-order valence-corrected chi connectivity index (χ1v) is 8.00. The van der Waals surface area contributed by atoms with Crippen LogP contribution in [0, 0.1) is 5.92 Å². The fraction of sp³-hybridized carbons (Fsp3) is 0.529. The van der Waals surface area contributed by atoms with E-state index in [2.05, 4.69) is 12.2 Å². The van der Waals surface area contributed by atoms with E-state index in [-0.39, 0.29) is 19.1 Å². The van der Waals surface area contributed by atoms with Crippen LogP contribution in [0.4, 0.5) is 5.69 Å². The van der Waals surface area contributed by atoms with Crippen molar-refractivity contribution in [2.45, 2.75) is 19.8 Å². The Morgan fingerprint density at radius 3 is 2.91 bits per heavy atom. The van der Waals surface area contributed by atoms with Crippen LogP contribution in [0.3, 0.4) is 0 Å². The lowest BCUT2D eigenvalue weighted by Crippen LogP contribution is -2.41. The first kappa shape index (κ1) is 17.3. The molecule has 1 saturated heterocycles. The van der Waals surface area contributed by atoms with Gasteiger partial charge in [0.1, 0.15) is 0 Å². The molecule has 1 aromatic rings. The molecule has 0 bridgehead atoms. The summed E-state index contributed by atoms with van der Waals surface area (Å²) >= 11 is 0. The van der Waals surface area contributed by atoms with Gasteiger partial charge in [-0.2, -0.15) is 0 Å². The van der Waals surface area contributed by atoms with Gasteiger partial charge in [0, 0.05) is 25.3 Å². The van der Waals surface area contributed by atoms with Gasteiger partial charge < -0.3 is 20.1 Å². The van der Waals surface area contributed by atoms with E-state index in [1.54, 1.807) is 29.2 Å². The molecular formula is C17H24N2O4. The second kappa shape index (κ2) is 8.53. The molecule has 1 fully saturated rings. The van der Waals surface area contributed by atoms with E-state index >= 15 is 0 Å². The zero-order valence-corrected chi connectivity index (χ0v) is 13.5. The average Bonchev–Trinajstić information content (AvgIpc) is 2.57. The summed E-state index contributed by atoms with van der Waals surface area (Å²) in [5, 5.41) is 11.8. The van der Waals surface area contributed by atoms with Gasteiger partial charge in [-0.05, 0) is 30.9 Å². The molecule has 2 N–H and O–H groups in total. The monoisotopic (exact) mass is 320 g/mol. The Morgan fingerprint density at radius 1 is 1.39 bits per heavy atom. The van der Waals surface area contributed by atoms with Gasteiger partial charge in [0.15, 0.2) is 6.61 Å². The number of hydrogen-bond donors (Lipinski definition) is 2. The van der Waals surface area contributed by atoms with Crippen LogP contribution in [0.2, 0.25) is 0 Å². The summed E-state index contributed by atoms with van der Waals surface area (Å²) in [7, 11) is 0. The lowest BCUT2D eigenvalue weighted by molar-refractivity contribution is -0.136. The minimum Gasteiger partial charge on any atom is -0.452 e. The lowest BCUT2D eigenvalue weighted by Gasteiger charge is -2.30. The second-order valence-electron chi connectivity index (χ2n) is 5.86. The van der Waals surface area contributed by atoms with Crippen LogP contribution >= 0.6 is 0 Å². The molecule has 0 radical (unpaired) electrons. The third-order valence-electron chi connectivity index (χ3n) is 3.91. The first-order chi connectivity index (χ1) is 11.1. The molecule has 0 aliphatic carbocycles. The van der Waals surface area contributed by atoms with Crippen molar-refractivity contribution in [3.8, 4) is 0 Å². The smallest absolute Gasteiger partial charge is 0.340 e. The number of amides is 1. The van der Waals surface area contributed by atoms with Crippen molar-refractivity contribution >= 4 is 17.6 Å². The summed E-state index contributed by atoms with van der Waals surface area (Å²) in [5.41, 5.74) is 0.950. The van der Waals surface area contributed by atoms with Crippen LogP contribution in [-0.2, 0) is 9.53 Å². The van der Waals surface area contributed by atoms with Gasteiger partial charge in [0.05, 0.1) is 12.2 Å². The van der Waals surface area contributed by atoms with Crippen molar-refractivity contribution < 1.29 is 19.4 Å². The summed E-state index contributed by atoms with van der Waals surface area (Å²) < 4.78 is 5.17. The number of nitrogens with zero attached hydrogens (tertiary/aromatic N) is 1. The van der Waals surface area contributed by atoms with Crippen molar-refractivity contribution in [3.05, 3.63) is 29.8 Å². The van der Waals surface area contributed by atoms with Crippen molar-refractivity contribution in [3.63, 3.8) is 0 Å². The van der Waals surface area contributed by atoms with E-state index in [1.807, 2.05) is 0 Å². The summed E-state index contributed by atoms with van der Waals surface area (Å²) in [5.74, 6) is -0.193. The average molecular weight is 320 g/mol. The number of aliphatic hydroxyl groups is 1. The molecule has 126 valence electrons. The topological polar surface area (TPSA) is 78.9 Å². The molecule has 23 heavy (non-hydrogen) atoms. The van der Waals surface area contributed by atoms with E-state index in [1.165, 1.54) is 0 Å². The molecule has 0 unspecified atom stereocenters. The zero-order valence-electron chi connectivity index (χ0n) is 13.5. The Kier molecular flexibility index (Phi) is 6.40. The van der Waals surface area contributed by atoms with Gasteiger partial charge in [-0.3, -0.25) is 4.79 Å². The Bertz CT molecular complexity index is 547. The minimum absolute atomic E-state index is 0.0327. The van der Waals surface area contributed by atoms with Gasteiger partial charge >= 0.3 is 5.97 Å². The highest BCUT2D eigenvalue weighted by Crippen LogP contribution is 2.17. The third kappa shape index (κ3) is 4.96. The van der Waals surface area contributed by atoms with Gasteiger partial charge in [-0.1, -0.05) is 19.1 Å². The lowest BCUT2D eigenvalue weighted by atomic mass is 10.0. The Hall–Kier alpha value is -2.08. The number of benzene rings is 1. The number of para-hydroxylation sites is 1. The molecule has 1 aromatic carbocycles. The van der Waals surface area contributed by atoms with E-state index in [4.69, 9.17) is 9.84 Å². The number of hydrogen-bond acceptors (Lipinski definition) is 5. The van der Waals surface area contributed by atoms with E-state index in [0.29, 0.717) is 23.7 Å². The summed E-state index contributed by atoms with van der Waals surface area (Å²) in [4.78, 5) is 26.1. The number of likely N-dealkylation sites (tertiary alicyclic amines) is 1. The number of ether oxygens (including phenoxy) is 1. The summed E-state index contributed by atoms with van der Waals surface area (Å²) in [6.07, 6.45) is 2.13. The maximum Gasteiger partial charge on any atom is 0.340 e. The number of carbonyl (C=O) groups is 2. The van der Waals surface area contributed by atoms with Crippen LogP contribution in [0.5, 0.6) is 0 Å². The second-order valence-corrected chi connectivity index (χ2v) is 5.86. The zero-order chi connectivity index (χ0) is 16.7. The molecular weight excluding hydrogens is 296 g/mol. The third-order valence-corrected chi connectivity index (χ3v) is 3.91. The summed E-state index contributed by atoms with van der Waals surface area (Å²) in [6.45, 7) is 3.65. The predicted molar refractivity (Wildman–Crippen MR) is 87.3 cm³/mol. The molecule has 0 saturated carbocycles. The fourth-order valence-corrected chi connectivity index (χ4v) is 2.72. The van der Waals surface area contributed by atoms with Gasteiger partial charge in [0.25, 0.3) is 5.91 Å². The number of rotatable bonds is 6. The van der Waals surface area contributed by atoms with Crippen molar-refractivity contribution in [1.29, 1.82) is 0 Å². The maximum atomic E-state index is 12.2.